The zero-order valence-electron chi connectivity index (χ0n) is 10.2. The minimum absolute atomic E-state index is 0.434. The standard InChI is InChI=1S/C10H23O4P/c1-5-7-8-10(6-2)9-14-15(11,12-3)13-4/h10H,5-9H2,1-4H3. The molecule has 0 rings (SSSR count). The Hall–Kier alpha value is 0.110. The van der Waals surface area contributed by atoms with Gasteiger partial charge in [-0.25, -0.2) is 4.57 Å². The van der Waals surface area contributed by atoms with E-state index >= 15 is 0 Å². The summed E-state index contributed by atoms with van der Waals surface area (Å²) in [6, 6.07) is 0. The van der Waals surface area contributed by atoms with Crippen molar-refractivity contribution in [1.29, 1.82) is 0 Å². The van der Waals surface area contributed by atoms with Crippen LogP contribution < -0.4 is 0 Å². The molecule has 0 N–H and O–H groups in total. The Labute approximate surface area is 92.9 Å². The first-order valence-electron chi connectivity index (χ1n) is 5.47. The van der Waals surface area contributed by atoms with Gasteiger partial charge in [0.25, 0.3) is 0 Å². The normalized spacial score (nSPS) is 14.1. The molecule has 4 nitrogen and oxygen atoms in total. The van der Waals surface area contributed by atoms with Crippen molar-refractivity contribution in [3.05, 3.63) is 0 Å². The Bertz CT molecular complexity index is 188. The lowest BCUT2D eigenvalue weighted by atomic mass is 10.0. The van der Waals surface area contributed by atoms with Crippen LogP contribution in [0.5, 0.6) is 0 Å². The Morgan fingerprint density at radius 2 is 1.80 bits per heavy atom. The first-order chi connectivity index (χ1) is 7.11. The van der Waals surface area contributed by atoms with Crippen LogP contribution in [0, 0.1) is 5.92 Å². The fraction of sp³-hybridized carbons (Fsp3) is 1.00. The van der Waals surface area contributed by atoms with Gasteiger partial charge >= 0.3 is 7.82 Å². The van der Waals surface area contributed by atoms with E-state index in [-0.39, 0.29) is 0 Å². The van der Waals surface area contributed by atoms with Gasteiger partial charge < -0.3 is 0 Å². The van der Waals surface area contributed by atoms with Gasteiger partial charge in [0.05, 0.1) is 6.61 Å². The van der Waals surface area contributed by atoms with Gasteiger partial charge in [-0.1, -0.05) is 33.1 Å². The molecule has 0 saturated carbocycles. The quantitative estimate of drug-likeness (QED) is 0.575. The zero-order chi connectivity index (χ0) is 11.7. The second-order valence-electron chi connectivity index (χ2n) is 3.52. The van der Waals surface area contributed by atoms with Crippen molar-refractivity contribution in [2.45, 2.75) is 39.5 Å². The van der Waals surface area contributed by atoms with E-state index < -0.39 is 7.82 Å². The minimum Gasteiger partial charge on any atom is -0.290 e. The third-order valence-electron chi connectivity index (χ3n) is 2.46. The van der Waals surface area contributed by atoms with Gasteiger partial charge in [-0.3, -0.25) is 13.6 Å². The van der Waals surface area contributed by atoms with Crippen molar-refractivity contribution in [3.8, 4) is 0 Å². The number of unbranched alkanes of at least 4 members (excludes halogenated alkanes) is 1. The second kappa shape index (κ2) is 8.28. The molecule has 0 aromatic heterocycles. The fourth-order valence-electron chi connectivity index (χ4n) is 1.27. The SMILES string of the molecule is CCCCC(CC)COP(=O)(OC)OC. The molecule has 0 fully saturated rings. The summed E-state index contributed by atoms with van der Waals surface area (Å²) in [6.07, 6.45) is 4.46. The molecular weight excluding hydrogens is 215 g/mol. The molecule has 0 aromatic rings. The Morgan fingerprint density at radius 3 is 2.20 bits per heavy atom. The third-order valence-corrected chi connectivity index (χ3v) is 3.82. The molecule has 0 bridgehead atoms. The van der Waals surface area contributed by atoms with Crippen LogP contribution >= 0.6 is 7.82 Å². The molecule has 0 spiro atoms. The highest BCUT2D eigenvalue weighted by molar-refractivity contribution is 7.48. The zero-order valence-corrected chi connectivity index (χ0v) is 11.1. The topological polar surface area (TPSA) is 44.8 Å². The maximum absolute atomic E-state index is 11.6. The third kappa shape index (κ3) is 6.31. The molecule has 92 valence electrons. The van der Waals surface area contributed by atoms with E-state index in [0.717, 1.165) is 12.8 Å². The minimum atomic E-state index is -3.28. The summed E-state index contributed by atoms with van der Waals surface area (Å²) < 4.78 is 26.2. The van der Waals surface area contributed by atoms with Crippen molar-refractivity contribution in [3.63, 3.8) is 0 Å². The molecule has 0 heterocycles. The van der Waals surface area contributed by atoms with Gasteiger partial charge in [0.15, 0.2) is 0 Å². The summed E-state index contributed by atoms with van der Waals surface area (Å²) in [6.45, 7) is 4.70. The lowest BCUT2D eigenvalue weighted by molar-refractivity contribution is 0.128. The molecule has 0 aliphatic carbocycles. The van der Waals surface area contributed by atoms with E-state index in [1.165, 1.54) is 27.1 Å². The summed E-state index contributed by atoms with van der Waals surface area (Å²) in [5, 5.41) is 0. The van der Waals surface area contributed by atoms with Crippen LogP contribution in [0.15, 0.2) is 0 Å². The van der Waals surface area contributed by atoms with Crippen molar-refractivity contribution in [2.75, 3.05) is 20.8 Å². The van der Waals surface area contributed by atoms with Gasteiger partial charge in [-0.15, -0.1) is 0 Å². The predicted molar refractivity (Wildman–Crippen MR) is 60.9 cm³/mol. The average molecular weight is 238 g/mol. The highest BCUT2D eigenvalue weighted by Crippen LogP contribution is 2.48. The van der Waals surface area contributed by atoms with Crippen LogP contribution in [0.3, 0.4) is 0 Å². The summed E-state index contributed by atoms with van der Waals surface area (Å²) in [5.74, 6) is 0.434. The van der Waals surface area contributed by atoms with E-state index in [2.05, 4.69) is 13.8 Å². The van der Waals surface area contributed by atoms with E-state index in [0.29, 0.717) is 12.5 Å². The van der Waals surface area contributed by atoms with Gasteiger partial charge in [0.1, 0.15) is 0 Å². The molecule has 1 atom stereocenters. The molecule has 0 amide bonds. The van der Waals surface area contributed by atoms with Crippen molar-refractivity contribution in [1.82, 2.24) is 0 Å². The molecule has 0 saturated heterocycles. The monoisotopic (exact) mass is 238 g/mol. The van der Waals surface area contributed by atoms with Crippen molar-refractivity contribution in [2.24, 2.45) is 5.92 Å². The highest BCUT2D eigenvalue weighted by atomic mass is 31.2. The molecule has 0 radical (unpaired) electrons. The maximum Gasteiger partial charge on any atom is 0.474 e. The Morgan fingerprint density at radius 1 is 1.20 bits per heavy atom. The van der Waals surface area contributed by atoms with E-state index in [1.54, 1.807) is 0 Å². The summed E-state index contributed by atoms with van der Waals surface area (Å²) >= 11 is 0. The summed E-state index contributed by atoms with van der Waals surface area (Å²) in [4.78, 5) is 0. The molecular formula is C10H23O4P. The number of phosphoric ester groups is 1. The van der Waals surface area contributed by atoms with Gasteiger partial charge in [-0.2, -0.15) is 0 Å². The lowest BCUT2D eigenvalue weighted by Crippen LogP contribution is -2.08. The molecule has 0 aliphatic rings. The number of phosphoric acid groups is 1. The van der Waals surface area contributed by atoms with Crippen LogP contribution in [0.25, 0.3) is 0 Å². The lowest BCUT2D eigenvalue weighted by Gasteiger charge is -2.18. The van der Waals surface area contributed by atoms with E-state index in [1.807, 2.05) is 0 Å². The van der Waals surface area contributed by atoms with E-state index in [4.69, 9.17) is 13.6 Å². The van der Waals surface area contributed by atoms with Crippen LogP contribution in [-0.2, 0) is 18.1 Å². The Kier molecular flexibility index (Phi) is 8.34. The van der Waals surface area contributed by atoms with Crippen LogP contribution in [0.4, 0.5) is 0 Å². The second-order valence-corrected chi connectivity index (χ2v) is 5.41. The van der Waals surface area contributed by atoms with Crippen LogP contribution in [0.1, 0.15) is 39.5 Å². The van der Waals surface area contributed by atoms with Gasteiger partial charge in [0.2, 0.25) is 0 Å². The Balaban J connectivity index is 3.93. The van der Waals surface area contributed by atoms with Gasteiger partial charge in [-0.05, 0) is 12.3 Å². The number of rotatable bonds is 9. The first kappa shape index (κ1) is 15.1. The average Bonchev–Trinajstić information content (AvgIpc) is 2.29. The molecule has 15 heavy (non-hydrogen) atoms. The predicted octanol–water partition coefficient (Wildman–Crippen LogP) is 3.62. The molecule has 1 unspecified atom stereocenters. The largest absolute Gasteiger partial charge is 0.474 e. The van der Waals surface area contributed by atoms with Crippen LogP contribution in [-0.4, -0.2) is 20.8 Å². The fourth-order valence-corrected chi connectivity index (χ4v) is 2.03. The van der Waals surface area contributed by atoms with Crippen LogP contribution in [0.2, 0.25) is 0 Å². The molecule has 5 heteroatoms. The smallest absolute Gasteiger partial charge is 0.290 e. The first-order valence-corrected chi connectivity index (χ1v) is 6.94. The van der Waals surface area contributed by atoms with Crippen molar-refractivity contribution < 1.29 is 18.1 Å². The van der Waals surface area contributed by atoms with E-state index in [9.17, 15) is 4.57 Å². The van der Waals surface area contributed by atoms with Gasteiger partial charge in [0, 0.05) is 14.2 Å². The summed E-state index contributed by atoms with van der Waals surface area (Å²) in [5.41, 5.74) is 0. The maximum atomic E-state index is 11.6. The number of hydrogen-bond donors (Lipinski definition) is 0. The molecule has 0 aromatic carbocycles. The number of hydrogen-bond acceptors (Lipinski definition) is 4. The highest BCUT2D eigenvalue weighted by Gasteiger charge is 2.23. The molecule has 0 aliphatic heterocycles. The van der Waals surface area contributed by atoms with Crippen molar-refractivity contribution >= 4 is 7.82 Å². The summed E-state index contributed by atoms with van der Waals surface area (Å²) in [7, 11) is -0.619.